The standard InChI is InChI=1S/C15H18O3/c1-2-18-15(17)13-5-3-4-12(10-13)11-6-8-14(16)9-7-11/h3-6,10,14,16H,2,7-9H2,1H3/t14-/m1/s1. The van der Waals surface area contributed by atoms with Gasteiger partial charge in [-0.2, -0.15) is 0 Å². The molecule has 0 fully saturated rings. The zero-order valence-corrected chi connectivity index (χ0v) is 10.6. The van der Waals surface area contributed by atoms with Crippen LogP contribution in [0.2, 0.25) is 0 Å². The Hall–Kier alpha value is -1.61. The second-order valence-corrected chi connectivity index (χ2v) is 4.46. The van der Waals surface area contributed by atoms with E-state index >= 15 is 0 Å². The van der Waals surface area contributed by atoms with Gasteiger partial charge in [0.15, 0.2) is 0 Å². The minimum atomic E-state index is -0.282. The van der Waals surface area contributed by atoms with E-state index in [1.54, 1.807) is 13.0 Å². The minimum Gasteiger partial charge on any atom is -0.462 e. The van der Waals surface area contributed by atoms with Crippen LogP contribution >= 0.6 is 0 Å². The largest absolute Gasteiger partial charge is 0.462 e. The average molecular weight is 246 g/mol. The number of hydrogen-bond acceptors (Lipinski definition) is 3. The van der Waals surface area contributed by atoms with Gasteiger partial charge in [0, 0.05) is 0 Å². The molecular weight excluding hydrogens is 228 g/mol. The van der Waals surface area contributed by atoms with Crippen LogP contribution in [0.4, 0.5) is 0 Å². The van der Waals surface area contributed by atoms with E-state index in [2.05, 4.69) is 6.08 Å². The molecule has 0 radical (unpaired) electrons. The highest BCUT2D eigenvalue weighted by atomic mass is 16.5. The highest BCUT2D eigenvalue weighted by Gasteiger charge is 2.14. The number of hydrogen-bond donors (Lipinski definition) is 1. The van der Waals surface area contributed by atoms with E-state index in [1.807, 2.05) is 18.2 Å². The van der Waals surface area contributed by atoms with Gasteiger partial charge in [-0.1, -0.05) is 18.2 Å². The topological polar surface area (TPSA) is 46.5 Å². The number of allylic oxidation sites excluding steroid dienone is 1. The zero-order chi connectivity index (χ0) is 13.0. The van der Waals surface area contributed by atoms with Crippen LogP contribution in [-0.4, -0.2) is 23.8 Å². The minimum absolute atomic E-state index is 0.220. The first-order chi connectivity index (χ1) is 8.70. The fourth-order valence-electron chi connectivity index (χ4n) is 2.14. The van der Waals surface area contributed by atoms with E-state index in [0.29, 0.717) is 18.6 Å². The molecule has 1 N–H and O–H groups in total. The van der Waals surface area contributed by atoms with Crippen LogP contribution in [0, 0.1) is 0 Å². The Morgan fingerprint density at radius 3 is 3.00 bits per heavy atom. The molecule has 1 aliphatic carbocycles. The maximum absolute atomic E-state index is 11.7. The van der Waals surface area contributed by atoms with Crippen molar-refractivity contribution in [2.75, 3.05) is 6.61 Å². The van der Waals surface area contributed by atoms with Crippen molar-refractivity contribution in [2.24, 2.45) is 0 Å². The molecule has 0 aliphatic heterocycles. The summed E-state index contributed by atoms with van der Waals surface area (Å²) in [6, 6.07) is 7.49. The summed E-state index contributed by atoms with van der Waals surface area (Å²) in [5.41, 5.74) is 2.83. The van der Waals surface area contributed by atoms with Crippen molar-refractivity contribution in [1.29, 1.82) is 0 Å². The molecule has 0 saturated carbocycles. The summed E-state index contributed by atoms with van der Waals surface area (Å²) >= 11 is 0. The summed E-state index contributed by atoms with van der Waals surface area (Å²) in [6.45, 7) is 2.19. The van der Waals surface area contributed by atoms with Crippen LogP contribution in [0.25, 0.3) is 5.57 Å². The van der Waals surface area contributed by atoms with Gasteiger partial charge < -0.3 is 9.84 Å². The lowest BCUT2D eigenvalue weighted by atomic mass is 9.91. The van der Waals surface area contributed by atoms with Gasteiger partial charge in [-0.3, -0.25) is 0 Å². The molecule has 0 amide bonds. The van der Waals surface area contributed by atoms with Gasteiger partial charge in [0.2, 0.25) is 0 Å². The first kappa shape index (κ1) is 12.8. The van der Waals surface area contributed by atoms with E-state index < -0.39 is 0 Å². The van der Waals surface area contributed by atoms with Gasteiger partial charge in [0.25, 0.3) is 0 Å². The van der Waals surface area contributed by atoms with Crippen LogP contribution in [0.5, 0.6) is 0 Å². The highest BCUT2D eigenvalue weighted by molar-refractivity contribution is 5.90. The first-order valence-corrected chi connectivity index (χ1v) is 6.35. The number of aliphatic hydroxyl groups is 1. The Bertz CT molecular complexity index is 463. The summed E-state index contributed by atoms with van der Waals surface area (Å²) in [5.74, 6) is -0.282. The van der Waals surface area contributed by atoms with Crippen molar-refractivity contribution in [3.63, 3.8) is 0 Å². The van der Waals surface area contributed by atoms with Crippen molar-refractivity contribution in [3.05, 3.63) is 41.5 Å². The van der Waals surface area contributed by atoms with E-state index in [-0.39, 0.29) is 12.1 Å². The first-order valence-electron chi connectivity index (χ1n) is 6.35. The van der Waals surface area contributed by atoms with Crippen LogP contribution in [0.15, 0.2) is 30.3 Å². The lowest BCUT2D eigenvalue weighted by molar-refractivity contribution is 0.0526. The summed E-state index contributed by atoms with van der Waals surface area (Å²) in [6.07, 6.45) is 4.17. The smallest absolute Gasteiger partial charge is 0.338 e. The zero-order valence-electron chi connectivity index (χ0n) is 10.6. The van der Waals surface area contributed by atoms with Gasteiger partial charge in [-0.25, -0.2) is 4.79 Å². The second kappa shape index (κ2) is 5.83. The Morgan fingerprint density at radius 2 is 2.33 bits per heavy atom. The third-order valence-corrected chi connectivity index (χ3v) is 3.13. The predicted octanol–water partition coefficient (Wildman–Crippen LogP) is 2.79. The molecule has 3 nitrogen and oxygen atoms in total. The normalized spacial score (nSPS) is 19.2. The monoisotopic (exact) mass is 246 g/mol. The maximum atomic E-state index is 11.7. The molecule has 1 aromatic carbocycles. The molecule has 0 bridgehead atoms. The number of carbonyl (C=O) groups is 1. The quantitative estimate of drug-likeness (QED) is 0.834. The molecule has 0 spiro atoms. The number of aliphatic hydroxyl groups excluding tert-OH is 1. The Balaban J connectivity index is 2.19. The fraction of sp³-hybridized carbons (Fsp3) is 0.400. The van der Waals surface area contributed by atoms with E-state index in [4.69, 9.17) is 4.74 Å². The number of rotatable bonds is 3. The maximum Gasteiger partial charge on any atom is 0.338 e. The van der Waals surface area contributed by atoms with Gasteiger partial charge in [-0.05, 0) is 49.5 Å². The lowest BCUT2D eigenvalue weighted by Crippen LogP contribution is -2.10. The third kappa shape index (κ3) is 2.99. The van der Waals surface area contributed by atoms with E-state index in [9.17, 15) is 9.90 Å². The summed E-state index contributed by atoms with van der Waals surface area (Å²) < 4.78 is 4.99. The lowest BCUT2D eigenvalue weighted by Gasteiger charge is -2.18. The number of carbonyl (C=O) groups excluding carboxylic acids is 1. The fourth-order valence-corrected chi connectivity index (χ4v) is 2.14. The van der Waals surface area contributed by atoms with Crippen LogP contribution in [-0.2, 0) is 4.74 Å². The second-order valence-electron chi connectivity index (χ2n) is 4.46. The Labute approximate surface area is 107 Å². The number of benzene rings is 1. The average Bonchev–Trinajstić information content (AvgIpc) is 2.40. The van der Waals surface area contributed by atoms with E-state index in [0.717, 1.165) is 18.4 Å². The van der Waals surface area contributed by atoms with Gasteiger partial charge >= 0.3 is 5.97 Å². The molecule has 96 valence electrons. The van der Waals surface area contributed by atoms with Crippen LogP contribution in [0.3, 0.4) is 0 Å². The van der Waals surface area contributed by atoms with Gasteiger partial charge in [-0.15, -0.1) is 0 Å². The molecule has 0 unspecified atom stereocenters. The van der Waals surface area contributed by atoms with Gasteiger partial charge in [0.1, 0.15) is 0 Å². The molecule has 1 aliphatic rings. The van der Waals surface area contributed by atoms with E-state index in [1.165, 1.54) is 5.57 Å². The molecule has 2 rings (SSSR count). The summed E-state index contributed by atoms with van der Waals surface area (Å²) in [5, 5.41) is 9.47. The molecule has 0 aromatic heterocycles. The molecule has 18 heavy (non-hydrogen) atoms. The van der Waals surface area contributed by atoms with Crippen LogP contribution < -0.4 is 0 Å². The summed E-state index contributed by atoms with van der Waals surface area (Å²) in [7, 11) is 0. The highest BCUT2D eigenvalue weighted by Crippen LogP contribution is 2.27. The van der Waals surface area contributed by atoms with Crippen molar-refractivity contribution >= 4 is 11.5 Å². The number of esters is 1. The Morgan fingerprint density at radius 1 is 1.50 bits per heavy atom. The van der Waals surface area contributed by atoms with Crippen molar-refractivity contribution in [3.8, 4) is 0 Å². The molecule has 0 saturated heterocycles. The van der Waals surface area contributed by atoms with Crippen LogP contribution in [0.1, 0.15) is 42.1 Å². The SMILES string of the molecule is CCOC(=O)c1cccc(C2=CC[C@@H](O)CC2)c1. The summed E-state index contributed by atoms with van der Waals surface area (Å²) in [4.78, 5) is 11.7. The molecule has 1 atom stereocenters. The van der Waals surface area contributed by atoms with Crippen molar-refractivity contribution in [1.82, 2.24) is 0 Å². The number of ether oxygens (including phenoxy) is 1. The Kier molecular flexibility index (Phi) is 4.15. The molecule has 3 heteroatoms. The predicted molar refractivity (Wildman–Crippen MR) is 70.2 cm³/mol. The van der Waals surface area contributed by atoms with Gasteiger partial charge in [0.05, 0.1) is 18.3 Å². The molecule has 1 aromatic rings. The molecular formula is C15H18O3. The molecule has 0 heterocycles. The van der Waals surface area contributed by atoms with Crippen molar-refractivity contribution < 1.29 is 14.6 Å². The van der Waals surface area contributed by atoms with Crippen molar-refractivity contribution in [2.45, 2.75) is 32.3 Å². The third-order valence-electron chi connectivity index (χ3n) is 3.13.